The molecule has 2 aliphatic rings. The summed E-state index contributed by atoms with van der Waals surface area (Å²) in [4.78, 5) is 15.2. The molecule has 0 aliphatic carbocycles. The van der Waals surface area contributed by atoms with Gasteiger partial charge in [-0.15, -0.1) is 0 Å². The van der Waals surface area contributed by atoms with Crippen LogP contribution in [0.4, 0.5) is 4.39 Å². The van der Waals surface area contributed by atoms with Gasteiger partial charge in [-0.2, -0.15) is 4.31 Å². The van der Waals surface area contributed by atoms with E-state index in [0.29, 0.717) is 19.4 Å². The molecule has 2 fully saturated rings. The van der Waals surface area contributed by atoms with Gasteiger partial charge in [0.25, 0.3) is 0 Å². The molecule has 0 radical (unpaired) electrons. The van der Waals surface area contributed by atoms with Crippen LogP contribution in [0.1, 0.15) is 37.3 Å². The van der Waals surface area contributed by atoms with E-state index in [4.69, 9.17) is 16.3 Å². The van der Waals surface area contributed by atoms with E-state index in [1.165, 1.54) is 10.4 Å². The second-order valence-electron chi connectivity index (χ2n) is 8.22. The number of likely N-dealkylation sites (tertiary alicyclic amines) is 1. The molecular weight excluding hydrogens is 455 g/mol. The average molecular weight is 481 g/mol. The molecule has 9 heteroatoms. The monoisotopic (exact) mass is 480 g/mol. The number of halogens is 2. The Kier molecular flexibility index (Phi) is 6.74. The SMILES string of the molecule is COc1ccc([C@@H]2CCCN2C(=O)C2CCN(S(=O)(=O)c3ccc(F)c(Cl)c3)CC2)cc1. The Hall–Kier alpha value is -2.16. The Balaban J connectivity index is 1.42. The first-order chi connectivity index (χ1) is 15.3. The number of nitrogens with zero attached hydrogens (tertiary/aromatic N) is 2. The molecule has 2 heterocycles. The van der Waals surface area contributed by atoms with Crippen LogP contribution in [0.5, 0.6) is 5.75 Å². The third-order valence-corrected chi connectivity index (χ3v) is 8.55. The summed E-state index contributed by atoms with van der Waals surface area (Å²) in [7, 11) is -2.16. The van der Waals surface area contributed by atoms with E-state index < -0.39 is 15.8 Å². The molecule has 2 aromatic carbocycles. The van der Waals surface area contributed by atoms with Gasteiger partial charge >= 0.3 is 0 Å². The van der Waals surface area contributed by atoms with Crippen molar-refractivity contribution in [1.29, 1.82) is 0 Å². The number of methoxy groups -OCH3 is 1. The number of amides is 1. The Morgan fingerprint density at radius 2 is 1.75 bits per heavy atom. The summed E-state index contributed by atoms with van der Waals surface area (Å²) >= 11 is 5.76. The van der Waals surface area contributed by atoms with E-state index in [-0.39, 0.29) is 40.9 Å². The van der Waals surface area contributed by atoms with E-state index in [0.717, 1.165) is 36.3 Å². The van der Waals surface area contributed by atoms with Gasteiger partial charge in [-0.25, -0.2) is 12.8 Å². The summed E-state index contributed by atoms with van der Waals surface area (Å²) in [5.74, 6) is -0.00473. The first-order valence-corrected chi connectivity index (χ1v) is 12.5. The highest BCUT2D eigenvalue weighted by atomic mass is 35.5. The van der Waals surface area contributed by atoms with Crippen molar-refractivity contribution >= 4 is 27.5 Å². The predicted octanol–water partition coefficient (Wildman–Crippen LogP) is 4.25. The molecule has 0 unspecified atom stereocenters. The van der Waals surface area contributed by atoms with Crippen molar-refractivity contribution in [3.63, 3.8) is 0 Å². The molecule has 2 aromatic rings. The molecule has 32 heavy (non-hydrogen) atoms. The maximum absolute atomic E-state index is 13.4. The van der Waals surface area contributed by atoms with Crippen LogP contribution >= 0.6 is 11.6 Å². The summed E-state index contributed by atoms with van der Waals surface area (Å²) in [5.41, 5.74) is 1.09. The van der Waals surface area contributed by atoms with Crippen LogP contribution in [0.15, 0.2) is 47.4 Å². The Morgan fingerprint density at radius 3 is 2.38 bits per heavy atom. The van der Waals surface area contributed by atoms with Crippen LogP contribution < -0.4 is 4.74 Å². The van der Waals surface area contributed by atoms with Gasteiger partial charge in [-0.1, -0.05) is 23.7 Å². The van der Waals surface area contributed by atoms with Crippen LogP contribution in [0.3, 0.4) is 0 Å². The second-order valence-corrected chi connectivity index (χ2v) is 10.6. The fourth-order valence-electron chi connectivity index (χ4n) is 4.57. The minimum Gasteiger partial charge on any atom is -0.497 e. The number of benzene rings is 2. The van der Waals surface area contributed by atoms with E-state index >= 15 is 0 Å². The Bertz CT molecular complexity index is 1090. The highest BCUT2D eigenvalue weighted by Crippen LogP contribution is 2.36. The highest BCUT2D eigenvalue weighted by molar-refractivity contribution is 7.89. The summed E-state index contributed by atoms with van der Waals surface area (Å²) in [5, 5.41) is -0.227. The lowest BCUT2D eigenvalue weighted by molar-refractivity contribution is -0.137. The molecule has 4 rings (SSSR count). The summed E-state index contributed by atoms with van der Waals surface area (Å²) < 4.78 is 45.8. The predicted molar refractivity (Wildman–Crippen MR) is 120 cm³/mol. The number of rotatable bonds is 5. The number of carbonyl (C=O) groups excluding carboxylic acids is 1. The molecule has 2 saturated heterocycles. The molecule has 2 aliphatic heterocycles. The first-order valence-electron chi connectivity index (χ1n) is 10.7. The maximum Gasteiger partial charge on any atom is 0.243 e. The van der Waals surface area contributed by atoms with Gasteiger partial charge in [0.05, 0.1) is 23.1 Å². The molecule has 1 amide bonds. The van der Waals surface area contributed by atoms with Gasteiger partial charge in [0.15, 0.2) is 0 Å². The van der Waals surface area contributed by atoms with Gasteiger partial charge in [0, 0.05) is 25.6 Å². The van der Waals surface area contributed by atoms with Crippen LogP contribution in [0, 0.1) is 11.7 Å². The summed E-state index contributed by atoms with van der Waals surface area (Å²) in [6.07, 6.45) is 2.77. The van der Waals surface area contributed by atoms with Crippen molar-refractivity contribution in [3.8, 4) is 5.75 Å². The van der Waals surface area contributed by atoms with Crippen molar-refractivity contribution in [3.05, 3.63) is 58.9 Å². The normalized spacial score (nSPS) is 20.5. The quantitative estimate of drug-likeness (QED) is 0.641. The van der Waals surface area contributed by atoms with Gasteiger partial charge in [0.2, 0.25) is 15.9 Å². The minimum absolute atomic E-state index is 0.0345. The zero-order valence-electron chi connectivity index (χ0n) is 17.8. The van der Waals surface area contributed by atoms with Crippen LogP contribution in [0.25, 0.3) is 0 Å². The van der Waals surface area contributed by atoms with Crippen molar-refractivity contribution < 1.29 is 22.3 Å². The zero-order valence-corrected chi connectivity index (χ0v) is 19.4. The summed E-state index contributed by atoms with van der Waals surface area (Å²) in [6.45, 7) is 1.20. The smallest absolute Gasteiger partial charge is 0.243 e. The van der Waals surface area contributed by atoms with Crippen LogP contribution in [0.2, 0.25) is 5.02 Å². The number of piperidine rings is 1. The Labute approximate surface area is 193 Å². The first kappa shape index (κ1) is 23.0. The number of sulfonamides is 1. The summed E-state index contributed by atoms with van der Waals surface area (Å²) in [6, 6.07) is 11.2. The lowest BCUT2D eigenvalue weighted by Crippen LogP contribution is -2.44. The van der Waals surface area contributed by atoms with Crippen molar-refractivity contribution in [2.45, 2.75) is 36.6 Å². The fourth-order valence-corrected chi connectivity index (χ4v) is 6.31. The molecule has 1 atom stereocenters. The molecule has 0 aromatic heterocycles. The van der Waals surface area contributed by atoms with Crippen molar-refractivity contribution in [2.75, 3.05) is 26.7 Å². The minimum atomic E-state index is -3.78. The third kappa shape index (κ3) is 4.49. The van der Waals surface area contributed by atoms with Gasteiger partial charge < -0.3 is 9.64 Å². The van der Waals surface area contributed by atoms with E-state index in [2.05, 4.69) is 0 Å². The van der Waals surface area contributed by atoms with Crippen molar-refractivity contribution in [2.24, 2.45) is 5.92 Å². The number of hydrogen-bond acceptors (Lipinski definition) is 4. The van der Waals surface area contributed by atoms with Gasteiger partial charge in [0.1, 0.15) is 11.6 Å². The molecule has 0 spiro atoms. The third-order valence-electron chi connectivity index (χ3n) is 6.37. The van der Waals surface area contributed by atoms with Crippen molar-refractivity contribution in [1.82, 2.24) is 9.21 Å². The Morgan fingerprint density at radius 1 is 1.06 bits per heavy atom. The van der Waals surface area contributed by atoms with Gasteiger partial charge in [-0.05, 0) is 61.6 Å². The fraction of sp³-hybridized carbons (Fsp3) is 0.435. The number of ether oxygens (including phenoxy) is 1. The largest absolute Gasteiger partial charge is 0.497 e. The lowest BCUT2D eigenvalue weighted by atomic mass is 9.95. The van der Waals surface area contributed by atoms with Crippen LogP contribution in [-0.4, -0.2) is 50.3 Å². The molecule has 0 N–H and O–H groups in total. The molecule has 0 bridgehead atoms. The zero-order chi connectivity index (χ0) is 22.9. The highest BCUT2D eigenvalue weighted by Gasteiger charge is 2.37. The molecule has 0 saturated carbocycles. The van der Waals surface area contributed by atoms with E-state index in [1.54, 1.807) is 7.11 Å². The average Bonchev–Trinajstić information content (AvgIpc) is 3.30. The van der Waals surface area contributed by atoms with Crippen LogP contribution in [-0.2, 0) is 14.8 Å². The van der Waals surface area contributed by atoms with E-state index in [1.807, 2.05) is 29.2 Å². The maximum atomic E-state index is 13.4. The van der Waals surface area contributed by atoms with Gasteiger partial charge in [-0.3, -0.25) is 4.79 Å². The second kappa shape index (κ2) is 9.37. The molecule has 172 valence electrons. The lowest BCUT2D eigenvalue weighted by Gasteiger charge is -2.34. The number of hydrogen-bond donors (Lipinski definition) is 0. The number of carbonyl (C=O) groups is 1. The molecule has 6 nitrogen and oxygen atoms in total. The topological polar surface area (TPSA) is 66.9 Å². The molecular formula is C23H26ClFN2O4S. The van der Waals surface area contributed by atoms with E-state index in [9.17, 15) is 17.6 Å². The standard InChI is InChI=1S/C23H26ClFN2O4S/c1-31-18-6-4-16(5-7-18)22-3-2-12-27(22)23(28)17-10-13-26(14-11-17)32(29,30)19-8-9-21(25)20(24)15-19/h4-9,15,17,22H,2-3,10-14H2,1H3/t22-/m0/s1.